The van der Waals surface area contributed by atoms with Gasteiger partial charge in [0.05, 0.1) is 12.5 Å². The number of carbonyl (C=O) groups is 1. The Morgan fingerprint density at radius 3 is 2.21 bits per heavy atom. The predicted octanol–water partition coefficient (Wildman–Crippen LogP) is 2.86. The highest BCUT2D eigenvalue weighted by Gasteiger charge is 2.29. The highest BCUT2D eigenvalue weighted by molar-refractivity contribution is 5.72. The first-order valence-electron chi connectivity index (χ1n) is 7.57. The van der Waals surface area contributed by atoms with Gasteiger partial charge in [0.1, 0.15) is 0 Å². The Morgan fingerprint density at radius 1 is 1.05 bits per heavy atom. The first kappa shape index (κ1) is 18.4. The number of ether oxygens (including phenoxy) is 1. The molecule has 0 aromatic heterocycles. The molecule has 0 heterocycles. The SMILES string of the molecule is CCCCCCOC(=O)C(CCCC)C(C)C(O)O. The molecule has 2 N–H and O–H groups in total. The van der Waals surface area contributed by atoms with Crippen LogP contribution in [0.25, 0.3) is 0 Å². The van der Waals surface area contributed by atoms with Crippen molar-refractivity contribution in [2.24, 2.45) is 11.8 Å². The first-order chi connectivity index (χ1) is 9.04. The summed E-state index contributed by atoms with van der Waals surface area (Å²) < 4.78 is 5.26. The van der Waals surface area contributed by atoms with Gasteiger partial charge >= 0.3 is 5.97 Å². The molecule has 0 aromatic carbocycles. The maximum absolute atomic E-state index is 12.0. The molecular formula is C15H30O4. The van der Waals surface area contributed by atoms with E-state index in [1.807, 2.05) is 6.92 Å². The molecule has 0 aliphatic carbocycles. The molecular weight excluding hydrogens is 244 g/mol. The lowest BCUT2D eigenvalue weighted by Crippen LogP contribution is -2.32. The highest BCUT2D eigenvalue weighted by Crippen LogP contribution is 2.22. The van der Waals surface area contributed by atoms with Gasteiger partial charge in [-0.3, -0.25) is 4.79 Å². The van der Waals surface area contributed by atoms with E-state index in [1.54, 1.807) is 6.92 Å². The minimum atomic E-state index is -1.46. The summed E-state index contributed by atoms with van der Waals surface area (Å²) in [4.78, 5) is 12.0. The molecule has 4 nitrogen and oxygen atoms in total. The van der Waals surface area contributed by atoms with Crippen molar-refractivity contribution in [2.45, 2.75) is 72.0 Å². The molecule has 0 fully saturated rings. The average Bonchev–Trinajstić information content (AvgIpc) is 2.38. The summed E-state index contributed by atoms with van der Waals surface area (Å²) in [6.45, 7) is 6.31. The molecule has 0 bridgehead atoms. The summed E-state index contributed by atoms with van der Waals surface area (Å²) in [6.07, 6.45) is 5.33. The van der Waals surface area contributed by atoms with Crippen LogP contribution < -0.4 is 0 Å². The van der Waals surface area contributed by atoms with Crippen LogP contribution in [0.1, 0.15) is 65.7 Å². The molecule has 4 heteroatoms. The molecule has 0 aromatic rings. The summed E-state index contributed by atoms with van der Waals surface area (Å²) in [7, 11) is 0. The number of unbranched alkanes of at least 4 members (excludes halogenated alkanes) is 4. The van der Waals surface area contributed by atoms with Crippen molar-refractivity contribution in [2.75, 3.05) is 6.61 Å². The first-order valence-corrected chi connectivity index (χ1v) is 7.57. The third-order valence-electron chi connectivity index (χ3n) is 3.52. The van der Waals surface area contributed by atoms with Crippen molar-refractivity contribution in [1.29, 1.82) is 0 Å². The maximum atomic E-state index is 12.0. The van der Waals surface area contributed by atoms with Gasteiger partial charge in [0, 0.05) is 5.92 Å². The van der Waals surface area contributed by atoms with Crippen molar-refractivity contribution in [3.63, 3.8) is 0 Å². The van der Waals surface area contributed by atoms with Crippen molar-refractivity contribution >= 4 is 5.97 Å². The van der Waals surface area contributed by atoms with E-state index in [4.69, 9.17) is 4.74 Å². The van der Waals surface area contributed by atoms with Crippen LogP contribution in [0.4, 0.5) is 0 Å². The standard InChI is InChI=1S/C15H30O4/c1-4-6-8-9-11-19-15(18)13(10-7-5-2)12(3)14(16)17/h12-14,16-17H,4-11H2,1-3H3. The van der Waals surface area contributed by atoms with Gasteiger partial charge in [0.25, 0.3) is 0 Å². The van der Waals surface area contributed by atoms with Crippen molar-refractivity contribution in [1.82, 2.24) is 0 Å². The maximum Gasteiger partial charge on any atom is 0.309 e. The fraction of sp³-hybridized carbons (Fsp3) is 0.933. The summed E-state index contributed by atoms with van der Waals surface area (Å²) in [5.74, 6) is -1.17. The van der Waals surface area contributed by atoms with Crippen molar-refractivity contribution < 1.29 is 19.7 Å². The van der Waals surface area contributed by atoms with Crippen LogP contribution in [0.5, 0.6) is 0 Å². The smallest absolute Gasteiger partial charge is 0.309 e. The number of aliphatic hydroxyl groups is 2. The minimum Gasteiger partial charge on any atom is -0.465 e. The van der Waals surface area contributed by atoms with Gasteiger partial charge in [-0.1, -0.05) is 52.9 Å². The Kier molecular flexibility index (Phi) is 10.9. The van der Waals surface area contributed by atoms with Gasteiger partial charge in [0.15, 0.2) is 6.29 Å². The molecule has 0 saturated heterocycles. The van der Waals surface area contributed by atoms with E-state index in [1.165, 1.54) is 0 Å². The summed E-state index contributed by atoms with van der Waals surface area (Å²) in [6, 6.07) is 0. The van der Waals surface area contributed by atoms with Crippen LogP contribution in [0.3, 0.4) is 0 Å². The molecule has 0 saturated carbocycles. The molecule has 0 rings (SSSR count). The molecule has 0 aliphatic heterocycles. The zero-order valence-electron chi connectivity index (χ0n) is 12.6. The van der Waals surface area contributed by atoms with Crippen LogP contribution in [0.15, 0.2) is 0 Å². The number of aliphatic hydroxyl groups excluding tert-OH is 1. The molecule has 0 amide bonds. The average molecular weight is 274 g/mol. The molecule has 114 valence electrons. The second kappa shape index (κ2) is 11.2. The highest BCUT2D eigenvalue weighted by atomic mass is 16.5. The quantitative estimate of drug-likeness (QED) is 0.345. The van der Waals surface area contributed by atoms with Crippen LogP contribution in [-0.2, 0) is 9.53 Å². The third kappa shape index (κ3) is 8.22. The lowest BCUT2D eigenvalue weighted by molar-refractivity contribution is -0.159. The number of esters is 1. The Labute approximate surface area is 117 Å². The molecule has 0 radical (unpaired) electrons. The third-order valence-corrected chi connectivity index (χ3v) is 3.52. The van der Waals surface area contributed by atoms with E-state index in [0.29, 0.717) is 13.0 Å². The minimum absolute atomic E-state index is 0.287. The van der Waals surface area contributed by atoms with Gasteiger partial charge in [-0.15, -0.1) is 0 Å². The van der Waals surface area contributed by atoms with Crippen molar-refractivity contribution in [3.05, 3.63) is 0 Å². The monoisotopic (exact) mass is 274 g/mol. The molecule has 19 heavy (non-hydrogen) atoms. The van der Waals surface area contributed by atoms with Crippen LogP contribution in [0.2, 0.25) is 0 Å². The van der Waals surface area contributed by atoms with E-state index in [-0.39, 0.29) is 5.97 Å². The topological polar surface area (TPSA) is 66.8 Å². The largest absolute Gasteiger partial charge is 0.465 e. The van der Waals surface area contributed by atoms with Crippen molar-refractivity contribution in [3.8, 4) is 0 Å². The number of hydrogen-bond donors (Lipinski definition) is 2. The Morgan fingerprint density at radius 2 is 1.68 bits per heavy atom. The summed E-state index contributed by atoms with van der Waals surface area (Å²) >= 11 is 0. The van der Waals surface area contributed by atoms with E-state index in [2.05, 4.69) is 6.92 Å². The molecule has 2 atom stereocenters. The second-order valence-electron chi connectivity index (χ2n) is 5.25. The van der Waals surface area contributed by atoms with Gasteiger partial charge in [-0.2, -0.15) is 0 Å². The Hall–Kier alpha value is -0.610. The number of rotatable bonds is 11. The van der Waals surface area contributed by atoms with Gasteiger partial charge < -0.3 is 14.9 Å². The summed E-state index contributed by atoms with van der Waals surface area (Å²) in [5.41, 5.74) is 0. The van der Waals surface area contributed by atoms with E-state index >= 15 is 0 Å². The van der Waals surface area contributed by atoms with Crippen LogP contribution in [-0.4, -0.2) is 29.1 Å². The second-order valence-corrected chi connectivity index (χ2v) is 5.25. The van der Waals surface area contributed by atoms with E-state index < -0.39 is 18.1 Å². The summed E-state index contributed by atoms with van der Waals surface area (Å²) in [5, 5.41) is 18.5. The van der Waals surface area contributed by atoms with Gasteiger partial charge in [-0.25, -0.2) is 0 Å². The fourth-order valence-corrected chi connectivity index (χ4v) is 2.04. The zero-order chi connectivity index (χ0) is 14.7. The number of hydrogen-bond acceptors (Lipinski definition) is 4. The Balaban J connectivity index is 4.14. The van der Waals surface area contributed by atoms with Crippen LogP contribution in [0, 0.1) is 11.8 Å². The molecule has 0 spiro atoms. The normalized spacial score (nSPS) is 14.4. The lowest BCUT2D eigenvalue weighted by Gasteiger charge is -2.23. The molecule has 0 aliphatic rings. The Bertz CT molecular complexity index is 228. The van der Waals surface area contributed by atoms with Gasteiger partial charge in [-0.05, 0) is 12.8 Å². The van der Waals surface area contributed by atoms with Crippen LogP contribution >= 0.6 is 0 Å². The van der Waals surface area contributed by atoms with Gasteiger partial charge in [0.2, 0.25) is 0 Å². The zero-order valence-corrected chi connectivity index (χ0v) is 12.6. The fourth-order valence-electron chi connectivity index (χ4n) is 2.04. The van der Waals surface area contributed by atoms with E-state index in [9.17, 15) is 15.0 Å². The number of carbonyl (C=O) groups excluding carboxylic acids is 1. The predicted molar refractivity (Wildman–Crippen MR) is 75.5 cm³/mol. The lowest BCUT2D eigenvalue weighted by atomic mass is 9.89. The van der Waals surface area contributed by atoms with E-state index in [0.717, 1.165) is 38.5 Å². The molecule has 2 unspecified atom stereocenters.